The predicted molar refractivity (Wildman–Crippen MR) is 109 cm³/mol. The van der Waals surface area contributed by atoms with Gasteiger partial charge in [0.15, 0.2) is 0 Å². The summed E-state index contributed by atoms with van der Waals surface area (Å²) >= 11 is 0. The molecule has 3 aromatic rings. The number of aromatic nitrogens is 4. The van der Waals surface area contributed by atoms with E-state index in [1.165, 1.54) is 18.5 Å². The Morgan fingerprint density at radius 3 is 2.50 bits per heavy atom. The summed E-state index contributed by atoms with van der Waals surface area (Å²) in [6.07, 6.45) is 4.05. The van der Waals surface area contributed by atoms with E-state index in [4.69, 9.17) is 0 Å². The summed E-state index contributed by atoms with van der Waals surface area (Å²) < 4.78 is 1.61. The number of benzene rings is 2. The largest absolute Gasteiger partial charge is 0.376 e. The predicted octanol–water partition coefficient (Wildman–Crippen LogP) is 2.62. The summed E-state index contributed by atoms with van der Waals surface area (Å²) in [5.41, 5.74) is 4.80. The number of aryl methyl sites for hydroxylation is 1. The second-order valence-electron chi connectivity index (χ2n) is 6.90. The van der Waals surface area contributed by atoms with Crippen molar-refractivity contribution in [1.29, 1.82) is 0 Å². The summed E-state index contributed by atoms with van der Waals surface area (Å²) in [5.74, 6) is -0.0869. The van der Waals surface area contributed by atoms with Crippen LogP contribution in [0.2, 0.25) is 0 Å². The van der Waals surface area contributed by atoms with E-state index in [9.17, 15) is 4.79 Å². The van der Waals surface area contributed by atoms with E-state index in [0.29, 0.717) is 0 Å². The van der Waals surface area contributed by atoms with Gasteiger partial charge >= 0.3 is 0 Å². The molecule has 8 nitrogen and oxygen atoms in total. The zero-order chi connectivity index (χ0) is 19.3. The molecule has 0 bridgehead atoms. The summed E-state index contributed by atoms with van der Waals surface area (Å²) in [4.78, 5) is 14.6. The number of nitrogens with zero attached hydrogens (tertiary/aromatic N) is 5. The van der Waals surface area contributed by atoms with Gasteiger partial charge in [-0.1, -0.05) is 0 Å². The molecule has 144 valence electrons. The SMILES string of the molecule is Cc1cc(NCC(=O)Nc2ccc(N3CCCC3)cc2)ccc1-n1cnnn1. The number of hydrogen-bond acceptors (Lipinski definition) is 6. The zero-order valence-electron chi connectivity index (χ0n) is 15.8. The minimum Gasteiger partial charge on any atom is -0.376 e. The van der Waals surface area contributed by atoms with Crippen molar-refractivity contribution in [3.8, 4) is 5.69 Å². The number of carbonyl (C=O) groups is 1. The maximum absolute atomic E-state index is 12.3. The van der Waals surface area contributed by atoms with Crippen molar-refractivity contribution in [2.45, 2.75) is 19.8 Å². The summed E-state index contributed by atoms with van der Waals surface area (Å²) in [7, 11) is 0. The Morgan fingerprint density at radius 2 is 1.82 bits per heavy atom. The van der Waals surface area contributed by atoms with E-state index < -0.39 is 0 Å². The molecule has 0 atom stereocenters. The minimum atomic E-state index is -0.0869. The summed E-state index contributed by atoms with van der Waals surface area (Å²) in [5, 5.41) is 17.3. The van der Waals surface area contributed by atoms with Gasteiger partial charge in [-0.2, -0.15) is 0 Å². The molecule has 28 heavy (non-hydrogen) atoms. The van der Waals surface area contributed by atoms with Gasteiger partial charge in [-0.05, 0) is 78.2 Å². The highest BCUT2D eigenvalue weighted by atomic mass is 16.1. The molecule has 2 heterocycles. The number of anilines is 3. The van der Waals surface area contributed by atoms with E-state index in [-0.39, 0.29) is 12.5 Å². The molecule has 1 aromatic heterocycles. The van der Waals surface area contributed by atoms with Gasteiger partial charge in [0.25, 0.3) is 0 Å². The van der Waals surface area contributed by atoms with Crippen LogP contribution in [-0.4, -0.2) is 45.7 Å². The van der Waals surface area contributed by atoms with Gasteiger partial charge in [0, 0.05) is 30.2 Å². The van der Waals surface area contributed by atoms with Crippen molar-refractivity contribution >= 4 is 23.0 Å². The van der Waals surface area contributed by atoms with E-state index >= 15 is 0 Å². The van der Waals surface area contributed by atoms with E-state index in [1.807, 2.05) is 37.3 Å². The lowest BCUT2D eigenvalue weighted by Crippen LogP contribution is -2.22. The van der Waals surface area contributed by atoms with Crippen LogP contribution in [0.5, 0.6) is 0 Å². The first-order chi connectivity index (χ1) is 13.7. The molecule has 1 aliphatic heterocycles. The van der Waals surface area contributed by atoms with Crippen molar-refractivity contribution < 1.29 is 4.79 Å². The Bertz CT molecular complexity index is 932. The van der Waals surface area contributed by atoms with Crippen LogP contribution in [0.1, 0.15) is 18.4 Å². The number of rotatable bonds is 6. The lowest BCUT2D eigenvalue weighted by Gasteiger charge is -2.17. The molecule has 0 radical (unpaired) electrons. The van der Waals surface area contributed by atoms with Crippen molar-refractivity contribution in [2.75, 3.05) is 35.2 Å². The molecule has 1 amide bonds. The fourth-order valence-corrected chi connectivity index (χ4v) is 3.41. The Balaban J connectivity index is 1.31. The van der Waals surface area contributed by atoms with Crippen LogP contribution in [0.4, 0.5) is 17.1 Å². The Morgan fingerprint density at radius 1 is 1.07 bits per heavy atom. The van der Waals surface area contributed by atoms with Crippen LogP contribution in [-0.2, 0) is 4.79 Å². The smallest absolute Gasteiger partial charge is 0.243 e. The molecule has 1 fully saturated rings. The average molecular weight is 377 g/mol. The highest BCUT2D eigenvalue weighted by molar-refractivity contribution is 5.93. The van der Waals surface area contributed by atoms with Crippen LogP contribution in [0.25, 0.3) is 5.69 Å². The van der Waals surface area contributed by atoms with Gasteiger partial charge in [0.05, 0.1) is 12.2 Å². The molecular weight excluding hydrogens is 354 g/mol. The number of nitrogens with one attached hydrogen (secondary N) is 2. The first-order valence-corrected chi connectivity index (χ1v) is 9.42. The van der Waals surface area contributed by atoms with Crippen molar-refractivity contribution in [3.63, 3.8) is 0 Å². The molecule has 1 aliphatic rings. The third-order valence-electron chi connectivity index (χ3n) is 4.87. The third-order valence-corrected chi connectivity index (χ3v) is 4.87. The van der Waals surface area contributed by atoms with Crippen LogP contribution in [0.15, 0.2) is 48.8 Å². The van der Waals surface area contributed by atoms with Gasteiger partial charge in [-0.15, -0.1) is 5.10 Å². The highest BCUT2D eigenvalue weighted by Gasteiger charge is 2.12. The van der Waals surface area contributed by atoms with Gasteiger partial charge in [0.1, 0.15) is 6.33 Å². The molecule has 0 unspecified atom stereocenters. The molecule has 0 saturated carbocycles. The molecule has 2 N–H and O–H groups in total. The molecule has 1 saturated heterocycles. The third kappa shape index (κ3) is 4.11. The Hall–Kier alpha value is -3.42. The fourth-order valence-electron chi connectivity index (χ4n) is 3.41. The summed E-state index contributed by atoms with van der Waals surface area (Å²) in [6.45, 7) is 4.39. The summed E-state index contributed by atoms with van der Waals surface area (Å²) in [6, 6.07) is 13.8. The molecule has 0 aliphatic carbocycles. The maximum Gasteiger partial charge on any atom is 0.243 e. The maximum atomic E-state index is 12.3. The van der Waals surface area contributed by atoms with Gasteiger partial charge < -0.3 is 15.5 Å². The second kappa shape index (κ2) is 8.08. The monoisotopic (exact) mass is 377 g/mol. The van der Waals surface area contributed by atoms with Crippen molar-refractivity contribution in [1.82, 2.24) is 20.2 Å². The first-order valence-electron chi connectivity index (χ1n) is 9.42. The molecule has 4 rings (SSSR count). The standard InChI is InChI=1S/C20H23N7O/c1-15-12-17(6-9-19(15)27-14-22-24-25-27)21-13-20(28)23-16-4-7-18(8-5-16)26-10-2-3-11-26/h4-9,12,14,21H,2-3,10-11,13H2,1H3,(H,23,28). The van der Waals surface area contributed by atoms with Gasteiger partial charge in [-0.3, -0.25) is 4.79 Å². The lowest BCUT2D eigenvalue weighted by molar-refractivity contribution is -0.114. The van der Waals surface area contributed by atoms with Crippen molar-refractivity contribution in [2.24, 2.45) is 0 Å². The molecular formula is C20H23N7O. The second-order valence-corrected chi connectivity index (χ2v) is 6.90. The van der Waals surface area contributed by atoms with E-state index in [2.05, 4.69) is 43.2 Å². The molecule has 8 heteroatoms. The quantitative estimate of drug-likeness (QED) is 0.687. The number of carbonyl (C=O) groups excluding carboxylic acids is 1. The number of tetrazole rings is 1. The van der Waals surface area contributed by atoms with Crippen LogP contribution >= 0.6 is 0 Å². The van der Waals surface area contributed by atoms with Crippen LogP contribution < -0.4 is 15.5 Å². The van der Waals surface area contributed by atoms with E-state index in [0.717, 1.165) is 35.7 Å². The first kappa shape index (κ1) is 18.0. The molecule has 0 spiro atoms. The topological polar surface area (TPSA) is 88.0 Å². The Labute approximate surface area is 163 Å². The van der Waals surface area contributed by atoms with Gasteiger partial charge in [-0.25, -0.2) is 4.68 Å². The Kier molecular flexibility index (Phi) is 5.18. The van der Waals surface area contributed by atoms with Gasteiger partial charge in [0.2, 0.25) is 5.91 Å². The van der Waals surface area contributed by atoms with Crippen LogP contribution in [0.3, 0.4) is 0 Å². The van der Waals surface area contributed by atoms with E-state index in [1.54, 1.807) is 11.0 Å². The fraction of sp³-hybridized carbons (Fsp3) is 0.300. The normalized spacial score (nSPS) is 13.5. The lowest BCUT2D eigenvalue weighted by atomic mass is 10.2. The zero-order valence-corrected chi connectivity index (χ0v) is 15.8. The minimum absolute atomic E-state index is 0.0869. The highest BCUT2D eigenvalue weighted by Crippen LogP contribution is 2.22. The number of hydrogen-bond donors (Lipinski definition) is 2. The number of amides is 1. The molecule has 2 aromatic carbocycles. The van der Waals surface area contributed by atoms with Crippen LogP contribution in [0, 0.1) is 6.92 Å². The average Bonchev–Trinajstić information content (AvgIpc) is 3.41. The van der Waals surface area contributed by atoms with Crippen molar-refractivity contribution in [3.05, 3.63) is 54.4 Å².